The van der Waals surface area contributed by atoms with Crippen LogP contribution in [0.5, 0.6) is 0 Å². The standard InChI is InChI=1S/C17H29N/c1-4-14-8-7-9-17(12-14)18-11-10-15(5-2)16(6-3)13-18/h6,14,17H,3-5,7-13H2,1-2H3. The molecule has 2 unspecified atom stereocenters. The van der Waals surface area contributed by atoms with Crippen molar-refractivity contribution in [1.82, 2.24) is 4.90 Å². The quantitative estimate of drug-likeness (QED) is 0.704. The molecule has 0 spiro atoms. The molecular weight excluding hydrogens is 218 g/mol. The summed E-state index contributed by atoms with van der Waals surface area (Å²) < 4.78 is 0. The predicted octanol–water partition coefficient (Wildman–Crippen LogP) is 4.55. The first-order valence-electron chi connectivity index (χ1n) is 7.85. The van der Waals surface area contributed by atoms with Gasteiger partial charge in [0.2, 0.25) is 0 Å². The van der Waals surface area contributed by atoms with Crippen molar-refractivity contribution < 1.29 is 0 Å². The van der Waals surface area contributed by atoms with Gasteiger partial charge in [0.15, 0.2) is 0 Å². The minimum atomic E-state index is 0.844. The van der Waals surface area contributed by atoms with Gasteiger partial charge < -0.3 is 0 Å². The van der Waals surface area contributed by atoms with E-state index in [1.165, 1.54) is 57.1 Å². The van der Waals surface area contributed by atoms with Crippen LogP contribution in [-0.4, -0.2) is 24.0 Å². The molecule has 0 aromatic heterocycles. The summed E-state index contributed by atoms with van der Waals surface area (Å²) in [6.07, 6.45) is 11.7. The SMILES string of the molecule is C=CC1=C(CC)CCN(C2CCCC(CC)C2)C1. The van der Waals surface area contributed by atoms with Crippen LogP contribution in [0.1, 0.15) is 58.8 Å². The lowest BCUT2D eigenvalue weighted by molar-refractivity contribution is 0.134. The summed E-state index contributed by atoms with van der Waals surface area (Å²) in [5.41, 5.74) is 3.16. The Morgan fingerprint density at radius 3 is 2.83 bits per heavy atom. The van der Waals surface area contributed by atoms with Gasteiger partial charge in [-0.05, 0) is 37.2 Å². The average Bonchev–Trinajstić information content (AvgIpc) is 2.46. The van der Waals surface area contributed by atoms with Gasteiger partial charge in [-0.1, -0.05) is 51.3 Å². The molecule has 102 valence electrons. The highest BCUT2D eigenvalue weighted by molar-refractivity contribution is 5.28. The van der Waals surface area contributed by atoms with Crippen molar-refractivity contribution in [3.8, 4) is 0 Å². The first-order chi connectivity index (χ1) is 8.78. The maximum Gasteiger partial charge on any atom is 0.0236 e. The zero-order valence-electron chi connectivity index (χ0n) is 12.3. The van der Waals surface area contributed by atoms with Gasteiger partial charge in [-0.3, -0.25) is 4.90 Å². The maximum atomic E-state index is 4.01. The third-order valence-electron chi connectivity index (χ3n) is 5.05. The molecule has 18 heavy (non-hydrogen) atoms. The number of rotatable bonds is 4. The second kappa shape index (κ2) is 6.56. The first kappa shape index (κ1) is 13.9. The fourth-order valence-electron chi connectivity index (χ4n) is 3.74. The normalized spacial score (nSPS) is 30.6. The molecule has 2 rings (SSSR count). The fourth-order valence-corrected chi connectivity index (χ4v) is 3.74. The van der Waals surface area contributed by atoms with Crippen molar-refractivity contribution in [2.45, 2.75) is 64.8 Å². The molecule has 1 aliphatic carbocycles. The average molecular weight is 247 g/mol. The van der Waals surface area contributed by atoms with Gasteiger partial charge in [-0.25, -0.2) is 0 Å². The Labute approximate surface area is 113 Å². The van der Waals surface area contributed by atoms with Crippen molar-refractivity contribution in [2.75, 3.05) is 13.1 Å². The molecule has 1 heterocycles. The second-order valence-electron chi connectivity index (χ2n) is 6.00. The molecule has 1 nitrogen and oxygen atoms in total. The summed E-state index contributed by atoms with van der Waals surface area (Å²) in [5, 5.41) is 0. The minimum absolute atomic E-state index is 0.844. The van der Waals surface area contributed by atoms with E-state index in [4.69, 9.17) is 0 Å². The van der Waals surface area contributed by atoms with Crippen molar-refractivity contribution in [3.63, 3.8) is 0 Å². The van der Waals surface area contributed by atoms with Gasteiger partial charge in [0.1, 0.15) is 0 Å². The van der Waals surface area contributed by atoms with E-state index < -0.39 is 0 Å². The monoisotopic (exact) mass is 247 g/mol. The van der Waals surface area contributed by atoms with Crippen LogP contribution >= 0.6 is 0 Å². The Morgan fingerprint density at radius 1 is 1.33 bits per heavy atom. The summed E-state index contributed by atoms with van der Waals surface area (Å²) in [7, 11) is 0. The molecule has 1 aliphatic heterocycles. The van der Waals surface area contributed by atoms with E-state index in [-0.39, 0.29) is 0 Å². The molecule has 0 amide bonds. The topological polar surface area (TPSA) is 3.24 Å². The molecule has 1 fully saturated rings. The van der Waals surface area contributed by atoms with Crippen LogP contribution in [0.15, 0.2) is 23.8 Å². The smallest absolute Gasteiger partial charge is 0.0236 e. The predicted molar refractivity (Wildman–Crippen MR) is 79.7 cm³/mol. The fraction of sp³-hybridized carbons (Fsp3) is 0.765. The highest BCUT2D eigenvalue weighted by Gasteiger charge is 2.28. The Morgan fingerprint density at radius 2 is 2.17 bits per heavy atom. The Hall–Kier alpha value is -0.560. The lowest BCUT2D eigenvalue weighted by Crippen LogP contribution is -2.42. The van der Waals surface area contributed by atoms with Crippen molar-refractivity contribution in [3.05, 3.63) is 23.8 Å². The molecular formula is C17H29N. The Kier molecular flexibility index (Phi) is 5.05. The summed E-state index contributed by atoms with van der Waals surface area (Å²) >= 11 is 0. The molecule has 1 heteroatoms. The molecule has 0 bridgehead atoms. The minimum Gasteiger partial charge on any atom is -0.296 e. The number of hydrogen-bond acceptors (Lipinski definition) is 1. The lowest BCUT2D eigenvalue weighted by Gasteiger charge is -2.40. The largest absolute Gasteiger partial charge is 0.296 e. The van der Waals surface area contributed by atoms with Gasteiger partial charge in [-0.15, -0.1) is 0 Å². The summed E-state index contributed by atoms with van der Waals surface area (Å²) in [6, 6.07) is 0.844. The van der Waals surface area contributed by atoms with E-state index >= 15 is 0 Å². The van der Waals surface area contributed by atoms with Crippen molar-refractivity contribution in [1.29, 1.82) is 0 Å². The molecule has 2 aliphatic rings. The van der Waals surface area contributed by atoms with Gasteiger partial charge in [-0.2, -0.15) is 0 Å². The van der Waals surface area contributed by atoms with Crippen LogP contribution < -0.4 is 0 Å². The van der Waals surface area contributed by atoms with Crippen LogP contribution in [0.3, 0.4) is 0 Å². The second-order valence-corrected chi connectivity index (χ2v) is 6.00. The zero-order chi connectivity index (χ0) is 13.0. The molecule has 0 saturated heterocycles. The number of hydrogen-bond donors (Lipinski definition) is 0. The highest BCUT2D eigenvalue weighted by atomic mass is 15.2. The molecule has 1 saturated carbocycles. The number of nitrogens with zero attached hydrogens (tertiary/aromatic N) is 1. The lowest BCUT2D eigenvalue weighted by atomic mass is 9.82. The Bertz CT molecular complexity index is 316. The third-order valence-corrected chi connectivity index (χ3v) is 5.05. The molecule has 0 N–H and O–H groups in total. The molecule has 0 aromatic rings. The van der Waals surface area contributed by atoms with Crippen LogP contribution in [0, 0.1) is 5.92 Å². The van der Waals surface area contributed by atoms with E-state index in [9.17, 15) is 0 Å². The zero-order valence-corrected chi connectivity index (χ0v) is 12.3. The van der Waals surface area contributed by atoms with E-state index in [0.717, 1.165) is 18.5 Å². The summed E-state index contributed by atoms with van der Waals surface area (Å²) in [6.45, 7) is 11.1. The molecule has 0 radical (unpaired) electrons. The van der Waals surface area contributed by atoms with Gasteiger partial charge in [0, 0.05) is 19.1 Å². The first-order valence-corrected chi connectivity index (χ1v) is 7.85. The van der Waals surface area contributed by atoms with Crippen molar-refractivity contribution in [2.24, 2.45) is 5.92 Å². The van der Waals surface area contributed by atoms with Crippen LogP contribution in [0.25, 0.3) is 0 Å². The van der Waals surface area contributed by atoms with E-state index in [2.05, 4.69) is 31.4 Å². The molecule has 0 aromatic carbocycles. The third kappa shape index (κ3) is 3.06. The van der Waals surface area contributed by atoms with E-state index in [1.807, 2.05) is 0 Å². The van der Waals surface area contributed by atoms with Crippen LogP contribution in [-0.2, 0) is 0 Å². The molecule has 2 atom stereocenters. The Balaban J connectivity index is 1.99. The van der Waals surface area contributed by atoms with E-state index in [0.29, 0.717) is 0 Å². The summed E-state index contributed by atoms with van der Waals surface area (Å²) in [4.78, 5) is 2.73. The maximum absolute atomic E-state index is 4.01. The van der Waals surface area contributed by atoms with Crippen molar-refractivity contribution >= 4 is 0 Å². The van der Waals surface area contributed by atoms with Gasteiger partial charge in [0.25, 0.3) is 0 Å². The summed E-state index contributed by atoms with van der Waals surface area (Å²) in [5.74, 6) is 0.979. The van der Waals surface area contributed by atoms with Gasteiger partial charge >= 0.3 is 0 Å². The van der Waals surface area contributed by atoms with Crippen LogP contribution in [0.2, 0.25) is 0 Å². The van der Waals surface area contributed by atoms with Crippen LogP contribution in [0.4, 0.5) is 0 Å². The van der Waals surface area contributed by atoms with Gasteiger partial charge in [0.05, 0.1) is 0 Å². The highest BCUT2D eigenvalue weighted by Crippen LogP contribution is 2.32. The van der Waals surface area contributed by atoms with E-state index in [1.54, 1.807) is 5.57 Å².